The summed E-state index contributed by atoms with van der Waals surface area (Å²) in [6.07, 6.45) is -5.11. The summed E-state index contributed by atoms with van der Waals surface area (Å²) in [6, 6.07) is 1.57. The highest BCUT2D eigenvalue weighted by atomic mass is 79.9. The summed E-state index contributed by atoms with van der Waals surface area (Å²) in [5.74, 6) is -0.0187. The van der Waals surface area contributed by atoms with Crippen LogP contribution >= 0.6 is 31.9 Å². The molecule has 2 aromatic rings. The van der Waals surface area contributed by atoms with Crippen LogP contribution < -0.4 is 0 Å². The molecule has 0 radical (unpaired) electrons. The Balaban J connectivity index is 2.26. The largest absolute Gasteiger partial charge is 0.505 e. The molecule has 0 bridgehead atoms. The molecule has 19 heavy (non-hydrogen) atoms. The van der Waals surface area contributed by atoms with E-state index in [4.69, 9.17) is 0 Å². The summed E-state index contributed by atoms with van der Waals surface area (Å²) in [7, 11) is 0. The van der Waals surface area contributed by atoms with Crippen molar-refractivity contribution in [2.24, 2.45) is 0 Å². The van der Waals surface area contributed by atoms with Crippen LogP contribution in [0.2, 0.25) is 0 Å². The molecular weight excluding hydrogens is 395 g/mol. The molecule has 1 aromatic heterocycles. The highest BCUT2D eigenvalue weighted by molar-refractivity contribution is 9.11. The van der Waals surface area contributed by atoms with Crippen molar-refractivity contribution in [2.45, 2.75) is 25.6 Å². The third kappa shape index (κ3) is 3.19. The number of aromatic hydroxyl groups is 1. The second-order valence-corrected chi connectivity index (χ2v) is 5.57. The molecule has 1 aromatic carbocycles. The number of hydrogen-bond donors (Lipinski definition) is 1. The lowest BCUT2D eigenvalue weighted by Crippen LogP contribution is -2.09. The van der Waals surface area contributed by atoms with Crippen LogP contribution in [0.4, 0.5) is 13.2 Å². The molecule has 104 valence electrons. The zero-order valence-corrected chi connectivity index (χ0v) is 12.5. The van der Waals surface area contributed by atoms with Crippen LogP contribution in [0.5, 0.6) is 5.75 Å². The van der Waals surface area contributed by atoms with Crippen LogP contribution in [0.25, 0.3) is 11.0 Å². The summed E-state index contributed by atoms with van der Waals surface area (Å²) in [4.78, 5) is 0. The number of halogens is 5. The Morgan fingerprint density at radius 3 is 2.63 bits per heavy atom. The van der Waals surface area contributed by atoms with Gasteiger partial charge in [-0.3, -0.25) is 0 Å². The predicted molar refractivity (Wildman–Crippen MR) is 69.9 cm³/mol. The van der Waals surface area contributed by atoms with E-state index in [2.05, 4.69) is 42.2 Å². The Bertz CT molecular complexity index is 612. The van der Waals surface area contributed by atoms with E-state index in [1.807, 2.05) is 0 Å². The van der Waals surface area contributed by atoms with Crippen LogP contribution in [0.3, 0.4) is 0 Å². The molecule has 0 fully saturated rings. The van der Waals surface area contributed by atoms with E-state index in [9.17, 15) is 18.3 Å². The second-order valence-electron chi connectivity index (χ2n) is 3.92. The summed E-state index contributed by atoms with van der Waals surface area (Å²) < 4.78 is 38.4. The highest BCUT2D eigenvalue weighted by Gasteiger charge is 2.26. The fourth-order valence-electron chi connectivity index (χ4n) is 1.62. The number of aromatic nitrogens is 3. The number of rotatable bonds is 3. The first kappa shape index (κ1) is 14.6. The number of hydrogen-bond acceptors (Lipinski definition) is 3. The topological polar surface area (TPSA) is 50.9 Å². The number of fused-ring (bicyclic) bond motifs is 1. The van der Waals surface area contributed by atoms with E-state index in [1.54, 1.807) is 6.07 Å². The van der Waals surface area contributed by atoms with E-state index in [0.717, 1.165) is 0 Å². The SMILES string of the molecule is Oc1c(Br)cc2c(nnn2CCCC(F)(F)F)c1Br. The van der Waals surface area contributed by atoms with Crippen LogP contribution in [0.1, 0.15) is 12.8 Å². The van der Waals surface area contributed by atoms with Gasteiger partial charge in [0.25, 0.3) is 0 Å². The third-order valence-electron chi connectivity index (χ3n) is 2.51. The van der Waals surface area contributed by atoms with Gasteiger partial charge < -0.3 is 5.11 Å². The van der Waals surface area contributed by atoms with Crippen LogP contribution in [0, 0.1) is 0 Å². The number of benzene rings is 1. The van der Waals surface area contributed by atoms with Crippen molar-refractivity contribution < 1.29 is 18.3 Å². The molecular formula is C10H8Br2F3N3O. The Labute approximate surface area is 122 Å². The lowest BCUT2D eigenvalue weighted by molar-refractivity contribution is -0.135. The summed E-state index contributed by atoms with van der Waals surface area (Å²) in [5, 5.41) is 17.3. The zero-order chi connectivity index (χ0) is 14.2. The zero-order valence-electron chi connectivity index (χ0n) is 9.38. The molecule has 9 heteroatoms. The fraction of sp³-hybridized carbons (Fsp3) is 0.400. The first-order valence-electron chi connectivity index (χ1n) is 5.26. The van der Waals surface area contributed by atoms with Crippen molar-refractivity contribution in [3.63, 3.8) is 0 Å². The quantitative estimate of drug-likeness (QED) is 0.843. The highest BCUT2D eigenvalue weighted by Crippen LogP contribution is 2.37. The van der Waals surface area contributed by atoms with E-state index in [1.165, 1.54) is 4.68 Å². The van der Waals surface area contributed by atoms with Crippen LogP contribution in [-0.4, -0.2) is 26.3 Å². The number of nitrogens with zero attached hydrogens (tertiary/aromatic N) is 3. The molecule has 0 amide bonds. The van der Waals surface area contributed by atoms with Gasteiger partial charge in [-0.25, -0.2) is 4.68 Å². The van der Waals surface area contributed by atoms with Gasteiger partial charge in [-0.15, -0.1) is 5.10 Å². The molecule has 0 saturated heterocycles. The van der Waals surface area contributed by atoms with Gasteiger partial charge in [0.1, 0.15) is 11.3 Å². The van der Waals surface area contributed by atoms with Crippen molar-refractivity contribution in [2.75, 3.05) is 0 Å². The van der Waals surface area contributed by atoms with E-state index in [0.29, 0.717) is 20.0 Å². The average Bonchev–Trinajstić information content (AvgIpc) is 2.68. The van der Waals surface area contributed by atoms with Gasteiger partial charge in [0.2, 0.25) is 0 Å². The van der Waals surface area contributed by atoms with Gasteiger partial charge in [0.05, 0.1) is 14.5 Å². The van der Waals surface area contributed by atoms with Crippen LogP contribution in [-0.2, 0) is 6.54 Å². The van der Waals surface area contributed by atoms with Crippen molar-refractivity contribution >= 4 is 42.9 Å². The molecule has 0 saturated carbocycles. The maximum Gasteiger partial charge on any atom is 0.389 e. The molecule has 0 atom stereocenters. The minimum atomic E-state index is -4.17. The maximum absolute atomic E-state index is 12.1. The van der Waals surface area contributed by atoms with Crippen molar-refractivity contribution in [1.29, 1.82) is 0 Å². The van der Waals surface area contributed by atoms with Crippen molar-refractivity contribution in [3.8, 4) is 5.75 Å². The number of phenolic OH excluding ortho intramolecular Hbond substituents is 1. The first-order valence-corrected chi connectivity index (χ1v) is 6.85. The fourth-order valence-corrected chi connectivity index (χ4v) is 2.80. The Morgan fingerprint density at radius 1 is 1.32 bits per heavy atom. The number of phenols is 1. The molecule has 1 heterocycles. The van der Waals surface area contributed by atoms with E-state index in [-0.39, 0.29) is 18.7 Å². The molecule has 0 spiro atoms. The lowest BCUT2D eigenvalue weighted by Gasteiger charge is -2.07. The normalized spacial score (nSPS) is 12.3. The van der Waals surface area contributed by atoms with Gasteiger partial charge in [-0.05, 0) is 44.3 Å². The van der Waals surface area contributed by atoms with Gasteiger partial charge in [-0.2, -0.15) is 13.2 Å². The monoisotopic (exact) mass is 401 g/mol. The van der Waals surface area contributed by atoms with Crippen molar-refractivity contribution in [1.82, 2.24) is 15.0 Å². The summed E-state index contributed by atoms with van der Waals surface area (Å²) >= 11 is 6.33. The standard InChI is InChI=1S/C10H8Br2F3N3O/c11-5-4-6-8(7(12)9(5)19)16-17-18(6)3-1-2-10(13,14)15/h4,19H,1-3H2. The minimum absolute atomic E-state index is 0.0187. The predicted octanol–water partition coefficient (Wildman–Crippen LogP) is 4.00. The summed E-state index contributed by atoms with van der Waals surface area (Å²) in [6.45, 7) is 0.111. The minimum Gasteiger partial charge on any atom is -0.505 e. The molecule has 0 aliphatic rings. The molecule has 0 unspecified atom stereocenters. The number of aryl methyl sites for hydroxylation is 1. The lowest BCUT2D eigenvalue weighted by atomic mass is 10.2. The van der Waals surface area contributed by atoms with Crippen LogP contribution in [0.15, 0.2) is 15.0 Å². The van der Waals surface area contributed by atoms with Gasteiger partial charge in [0, 0.05) is 13.0 Å². The van der Waals surface area contributed by atoms with Gasteiger partial charge >= 0.3 is 6.18 Å². The molecule has 2 rings (SSSR count). The maximum atomic E-state index is 12.1. The Morgan fingerprint density at radius 2 is 2.00 bits per heavy atom. The van der Waals surface area contributed by atoms with Gasteiger partial charge in [0.15, 0.2) is 0 Å². The van der Waals surface area contributed by atoms with Gasteiger partial charge in [-0.1, -0.05) is 5.21 Å². The molecule has 1 N–H and O–H groups in total. The Kier molecular flexibility index (Phi) is 4.05. The van der Waals surface area contributed by atoms with E-state index < -0.39 is 12.6 Å². The molecule has 0 aliphatic carbocycles. The molecule has 4 nitrogen and oxygen atoms in total. The second kappa shape index (κ2) is 5.28. The van der Waals surface area contributed by atoms with Crippen molar-refractivity contribution in [3.05, 3.63) is 15.0 Å². The number of alkyl halides is 3. The first-order chi connectivity index (χ1) is 8.79. The molecule has 0 aliphatic heterocycles. The average molecular weight is 403 g/mol. The Hall–Kier alpha value is -0.830. The van der Waals surface area contributed by atoms with E-state index >= 15 is 0 Å². The smallest absolute Gasteiger partial charge is 0.389 e. The third-order valence-corrected chi connectivity index (χ3v) is 3.86. The summed E-state index contributed by atoms with van der Waals surface area (Å²) in [5.41, 5.74) is 0.964.